The lowest BCUT2D eigenvalue weighted by Gasteiger charge is -2.20. The molecule has 0 saturated carbocycles. The zero-order valence-electron chi connectivity index (χ0n) is 11.3. The smallest absolute Gasteiger partial charge is 0.313 e. The number of carboxylic acids is 1. The van der Waals surface area contributed by atoms with E-state index in [1.807, 2.05) is 18.2 Å². The summed E-state index contributed by atoms with van der Waals surface area (Å²) in [4.78, 5) is 11.4. The lowest BCUT2D eigenvalue weighted by Crippen LogP contribution is -2.28. The normalized spacial score (nSPS) is 12.0. The first-order chi connectivity index (χ1) is 8.39. The Morgan fingerprint density at radius 2 is 2.06 bits per heavy atom. The number of hydrogen-bond donors (Lipinski definition) is 1. The number of fused-ring (bicyclic) bond motifs is 1. The Hall–Kier alpha value is -1.77. The number of aryl methyl sites for hydroxylation is 2. The minimum Gasteiger partial charge on any atom is -0.481 e. The van der Waals surface area contributed by atoms with Crippen molar-refractivity contribution in [3.63, 3.8) is 0 Å². The van der Waals surface area contributed by atoms with Crippen molar-refractivity contribution in [2.45, 2.75) is 39.7 Å². The molecule has 0 bridgehead atoms. The lowest BCUT2D eigenvalue weighted by atomic mass is 9.83. The van der Waals surface area contributed by atoms with Crippen LogP contribution in [0.5, 0.6) is 0 Å². The molecule has 0 atom stereocenters. The molecule has 0 fully saturated rings. The number of hydrogen-bond acceptors (Lipinski definition) is 1. The monoisotopic (exact) mass is 245 g/mol. The van der Waals surface area contributed by atoms with Gasteiger partial charge in [0.15, 0.2) is 0 Å². The third kappa shape index (κ3) is 1.70. The van der Waals surface area contributed by atoms with Crippen LogP contribution in [-0.2, 0) is 16.8 Å². The molecule has 3 heteroatoms. The maximum atomic E-state index is 11.4. The topological polar surface area (TPSA) is 42.2 Å². The van der Waals surface area contributed by atoms with Gasteiger partial charge in [0.1, 0.15) is 0 Å². The van der Waals surface area contributed by atoms with Gasteiger partial charge in [0.2, 0.25) is 0 Å². The number of nitrogens with zero attached hydrogens (tertiary/aromatic N) is 1. The molecule has 0 aliphatic carbocycles. The summed E-state index contributed by atoms with van der Waals surface area (Å²) < 4.78 is 2.21. The molecule has 1 aromatic heterocycles. The molecule has 1 heterocycles. The summed E-state index contributed by atoms with van der Waals surface area (Å²) in [5.41, 5.74) is 2.29. The first-order valence-corrected chi connectivity index (χ1v) is 6.22. The summed E-state index contributed by atoms with van der Waals surface area (Å²) in [6.07, 6.45) is 0. The van der Waals surface area contributed by atoms with Crippen molar-refractivity contribution in [3.8, 4) is 0 Å². The van der Waals surface area contributed by atoms with Gasteiger partial charge in [-0.1, -0.05) is 12.1 Å². The predicted molar refractivity (Wildman–Crippen MR) is 73.0 cm³/mol. The minimum atomic E-state index is -0.869. The average molecular weight is 245 g/mol. The van der Waals surface area contributed by atoms with Gasteiger partial charge in [0.05, 0.1) is 5.41 Å². The quantitative estimate of drug-likeness (QED) is 0.901. The van der Waals surface area contributed by atoms with Crippen molar-refractivity contribution >= 4 is 16.9 Å². The largest absolute Gasteiger partial charge is 0.481 e. The molecular formula is C15H19NO2. The van der Waals surface area contributed by atoms with Gasteiger partial charge >= 0.3 is 5.97 Å². The van der Waals surface area contributed by atoms with Crippen LogP contribution >= 0.6 is 0 Å². The summed E-state index contributed by atoms with van der Waals surface area (Å²) in [5, 5.41) is 10.4. The van der Waals surface area contributed by atoms with E-state index in [9.17, 15) is 9.90 Å². The standard InChI is InChI=1S/C15H19NO2/c1-5-16-10(2)9-11-12(7-6-8-13(11)16)15(3,4)14(17)18/h6-9H,5H2,1-4H3,(H,17,18). The van der Waals surface area contributed by atoms with Crippen molar-refractivity contribution in [2.24, 2.45) is 0 Å². The molecule has 0 amide bonds. The number of carbonyl (C=O) groups is 1. The highest BCUT2D eigenvalue weighted by Gasteiger charge is 2.31. The molecule has 1 N–H and O–H groups in total. The zero-order valence-corrected chi connectivity index (χ0v) is 11.3. The first-order valence-electron chi connectivity index (χ1n) is 6.22. The molecule has 3 nitrogen and oxygen atoms in total. The van der Waals surface area contributed by atoms with E-state index in [4.69, 9.17) is 0 Å². The lowest BCUT2D eigenvalue weighted by molar-refractivity contribution is -0.142. The van der Waals surface area contributed by atoms with Gasteiger partial charge in [-0.2, -0.15) is 0 Å². The van der Waals surface area contributed by atoms with E-state index >= 15 is 0 Å². The Bertz CT molecular complexity index is 608. The highest BCUT2D eigenvalue weighted by molar-refractivity contribution is 5.92. The van der Waals surface area contributed by atoms with Gasteiger partial charge in [0, 0.05) is 23.1 Å². The Morgan fingerprint density at radius 3 is 2.61 bits per heavy atom. The molecule has 0 saturated heterocycles. The van der Waals surface area contributed by atoms with E-state index in [1.54, 1.807) is 13.8 Å². The SMILES string of the molecule is CCn1c(C)cc2c(C(C)(C)C(=O)O)cccc21. The van der Waals surface area contributed by atoms with Crippen molar-refractivity contribution in [1.82, 2.24) is 4.57 Å². The summed E-state index contributed by atoms with van der Waals surface area (Å²) >= 11 is 0. The molecule has 96 valence electrons. The van der Waals surface area contributed by atoms with Crippen LogP contribution in [0, 0.1) is 6.92 Å². The molecule has 2 rings (SSSR count). The Kier molecular flexibility index (Phi) is 2.93. The van der Waals surface area contributed by atoms with Crippen LogP contribution in [0.2, 0.25) is 0 Å². The summed E-state index contributed by atoms with van der Waals surface area (Å²) in [6, 6.07) is 7.98. The van der Waals surface area contributed by atoms with Gasteiger partial charge in [-0.15, -0.1) is 0 Å². The average Bonchev–Trinajstić information content (AvgIpc) is 2.63. The third-order valence-electron chi connectivity index (χ3n) is 3.68. The van der Waals surface area contributed by atoms with E-state index in [0.29, 0.717) is 0 Å². The molecular weight excluding hydrogens is 226 g/mol. The fraction of sp³-hybridized carbons (Fsp3) is 0.400. The number of benzene rings is 1. The van der Waals surface area contributed by atoms with E-state index in [0.717, 1.165) is 23.0 Å². The van der Waals surface area contributed by atoms with Crippen molar-refractivity contribution in [1.29, 1.82) is 0 Å². The molecule has 0 aliphatic rings. The predicted octanol–water partition coefficient (Wildman–Crippen LogP) is 3.33. The van der Waals surface area contributed by atoms with Crippen LogP contribution in [0.15, 0.2) is 24.3 Å². The first kappa shape index (κ1) is 12.7. The van der Waals surface area contributed by atoms with Crippen LogP contribution in [0.25, 0.3) is 10.9 Å². The number of rotatable bonds is 3. The van der Waals surface area contributed by atoms with Crippen molar-refractivity contribution in [3.05, 3.63) is 35.5 Å². The number of carboxylic acid groups (broad SMARTS) is 1. The molecule has 0 radical (unpaired) electrons. The van der Waals surface area contributed by atoms with Crippen LogP contribution in [0.4, 0.5) is 0 Å². The molecule has 0 spiro atoms. The van der Waals surface area contributed by atoms with E-state index in [2.05, 4.69) is 24.5 Å². The highest BCUT2D eigenvalue weighted by Crippen LogP contribution is 2.32. The Labute approximate surface area is 107 Å². The summed E-state index contributed by atoms with van der Waals surface area (Å²) in [5.74, 6) is -0.795. The Morgan fingerprint density at radius 1 is 1.39 bits per heavy atom. The molecule has 18 heavy (non-hydrogen) atoms. The molecule has 1 aromatic carbocycles. The van der Waals surface area contributed by atoms with Gasteiger partial charge in [-0.05, 0) is 45.4 Å². The Balaban J connectivity index is 2.78. The molecule has 2 aromatic rings. The second-order valence-electron chi connectivity index (χ2n) is 5.20. The van der Waals surface area contributed by atoms with Crippen LogP contribution in [0.1, 0.15) is 32.0 Å². The second kappa shape index (κ2) is 4.16. The maximum absolute atomic E-state index is 11.4. The van der Waals surface area contributed by atoms with Crippen LogP contribution < -0.4 is 0 Å². The van der Waals surface area contributed by atoms with E-state index in [1.165, 1.54) is 5.69 Å². The number of aromatic nitrogens is 1. The molecule has 0 aliphatic heterocycles. The third-order valence-corrected chi connectivity index (χ3v) is 3.68. The van der Waals surface area contributed by atoms with Gasteiger partial charge in [-0.3, -0.25) is 4.79 Å². The van der Waals surface area contributed by atoms with Crippen molar-refractivity contribution in [2.75, 3.05) is 0 Å². The van der Waals surface area contributed by atoms with Gasteiger partial charge < -0.3 is 9.67 Å². The van der Waals surface area contributed by atoms with Gasteiger partial charge in [-0.25, -0.2) is 0 Å². The fourth-order valence-electron chi connectivity index (χ4n) is 2.50. The van der Waals surface area contributed by atoms with E-state index < -0.39 is 11.4 Å². The fourth-order valence-corrected chi connectivity index (χ4v) is 2.50. The van der Waals surface area contributed by atoms with E-state index in [-0.39, 0.29) is 0 Å². The molecule has 0 unspecified atom stereocenters. The van der Waals surface area contributed by atoms with Gasteiger partial charge in [0.25, 0.3) is 0 Å². The summed E-state index contributed by atoms with van der Waals surface area (Å²) in [7, 11) is 0. The van der Waals surface area contributed by atoms with Crippen molar-refractivity contribution < 1.29 is 9.90 Å². The summed E-state index contributed by atoms with van der Waals surface area (Å²) in [6.45, 7) is 8.56. The zero-order chi connectivity index (χ0) is 13.5. The highest BCUT2D eigenvalue weighted by atomic mass is 16.4. The maximum Gasteiger partial charge on any atom is 0.313 e. The minimum absolute atomic E-state index is 0.795. The van der Waals surface area contributed by atoms with Crippen LogP contribution in [-0.4, -0.2) is 15.6 Å². The van der Waals surface area contributed by atoms with Crippen LogP contribution in [0.3, 0.4) is 0 Å². The number of aliphatic carboxylic acids is 1. The second-order valence-corrected chi connectivity index (χ2v) is 5.20.